The first-order valence-electron chi connectivity index (χ1n) is 12.4. The standard InChI is InChI=1S/C25H33F3N4O3/c1-18(33)29-10-14-32(15-11-29)24(35)22(19-4-2-3-5-19)30-12-16-31(17-13-30)23(34)20-6-8-21(9-7-20)25(26,27)28/h6-9,19,22H,2-5,10-17H2,1H3. The number of carbonyl (C=O) groups excluding carboxylic acids is 3. The molecule has 0 aromatic heterocycles. The molecule has 1 aromatic carbocycles. The molecule has 10 heteroatoms. The minimum Gasteiger partial charge on any atom is -0.339 e. The fourth-order valence-electron chi connectivity index (χ4n) is 5.55. The van der Waals surface area contributed by atoms with Gasteiger partial charge in [-0.15, -0.1) is 0 Å². The average Bonchev–Trinajstić information content (AvgIpc) is 3.38. The molecule has 7 nitrogen and oxygen atoms in total. The van der Waals surface area contributed by atoms with Crippen LogP contribution < -0.4 is 0 Å². The molecule has 0 radical (unpaired) electrons. The smallest absolute Gasteiger partial charge is 0.339 e. The van der Waals surface area contributed by atoms with Gasteiger partial charge in [0.25, 0.3) is 5.91 Å². The Bertz CT molecular complexity index is 915. The predicted octanol–water partition coefficient (Wildman–Crippen LogP) is 2.71. The molecule has 3 amide bonds. The highest BCUT2D eigenvalue weighted by Crippen LogP contribution is 2.33. The van der Waals surface area contributed by atoms with E-state index in [0.29, 0.717) is 52.4 Å². The van der Waals surface area contributed by atoms with Crippen molar-refractivity contribution in [1.29, 1.82) is 0 Å². The number of nitrogens with zero attached hydrogens (tertiary/aromatic N) is 4. The number of alkyl halides is 3. The number of hydrogen-bond donors (Lipinski definition) is 0. The Morgan fingerprint density at radius 3 is 1.83 bits per heavy atom. The first-order valence-corrected chi connectivity index (χ1v) is 12.4. The van der Waals surface area contributed by atoms with E-state index in [0.717, 1.165) is 37.8 Å². The lowest BCUT2D eigenvalue weighted by atomic mass is 9.94. The lowest BCUT2D eigenvalue weighted by Gasteiger charge is -2.44. The van der Waals surface area contributed by atoms with Gasteiger partial charge in [-0.25, -0.2) is 0 Å². The molecule has 1 aliphatic carbocycles. The molecular formula is C25H33F3N4O3. The maximum absolute atomic E-state index is 13.6. The fraction of sp³-hybridized carbons (Fsp3) is 0.640. The number of piperazine rings is 2. The summed E-state index contributed by atoms with van der Waals surface area (Å²) in [6.07, 6.45) is -0.200. The van der Waals surface area contributed by atoms with E-state index in [2.05, 4.69) is 4.90 Å². The number of halogens is 3. The van der Waals surface area contributed by atoms with E-state index in [1.807, 2.05) is 4.90 Å². The van der Waals surface area contributed by atoms with Gasteiger partial charge in [-0.2, -0.15) is 13.2 Å². The second-order valence-electron chi connectivity index (χ2n) is 9.72. The molecule has 0 N–H and O–H groups in total. The number of hydrogen-bond acceptors (Lipinski definition) is 4. The normalized spacial score (nSPS) is 21.3. The minimum absolute atomic E-state index is 0.0262. The van der Waals surface area contributed by atoms with E-state index in [-0.39, 0.29) is 35.2 Å². The zero-order valence-corrected chi connectivity index (χ0v) is 20.1. The summed E-state index contributed by atoms with van der Waals surface area (Å²) in [7, 11) is 0. The first kappa shape index (κ1) is 25.5. The molecule has 1 unspecified atom stereocenters. The van der Waals surface area contributed by atoms with Gasteiger partial charge in [0.15, 0.2) is 0 Å². The van der Waals surface area contributed by atoms with Crippen molar-refractivity contribution in [3.8, 4) is 0 Å². The van der Waals surface area contributed by atoms with E-state index >= 15 is 0 Å². The molecule has 1 atom stereocenters. The van der Waals surface area contributed by atoms with Crippen LogP contribution in [0.1, 0.15) is 48.5 Å². The third-order valence-electron chi connectivity index (χ3n) is 7.59. The van der Waals surface area contributed by atoms with E-state index in [9.17, 15) is 27.6 Å². The highest BCUT2D eigenvalue weighted by molar-refractivity contribution is 5.94. The summed E-state index contributed by atoms with van der Waals surface area (Å²) in [6, 6.07) is 4.09. The van der Waals surface area contributed by atoms with Crippen LogP contribution in [-0.2, 0) is 15.8 Å². The van der Waals surface area contributed by atoms with Crippen molar-refractivity contribution in [2.24, 2.45) is 5.92 Å². The van der Waals surface area contributed by atoms with Crippen LogP contribution in [0.25, 0.3) is 0 Å². The molecule has 4 rings (SSSR count). The van der Waals surface area contributed by atoms with Gasteiger partial charge in [-0.3, -0.25) is 19.3 Å². The van der Waals surface area contributed by atoms with Crippen LogP contribution >= 0.6 is 0 Å². The number of rotatable bonds is 4. The van der Waals surface area contributed by atoms with Gasteiger partial charge < -0.3 is 14.7 Å². The lowest BCUT2D eigenvalue weighted by molar-refractivity contribution is -0.144. The Morgan fingerprint density at radius 1 is 0.800 bits per heavy atom. The van der Waals surface area contributed by atoms with Gasteiger partial charge in [-0.05, 0) is 43.0 Å². The number of carbonyl (C=O) groups is 3. The summed E-state index contributed by atoms with van der Waals surface area (Å²) in [5.74, 6) is 0.133. The Hall–Kier alpha value is -2.62. The van der Waals surface area contributed by atoms with Crippen LogP contribution in [0, 0.1) is 5.92 Å². The van der Waals surface area contributed by atoms with Crippen molar-refractivity contribution >= 4 is 17.7 Å². The van der Waals surface area contributed by atoms with Gasteiger partial charge in [0.2, 0.25) is 11.8 Å². The van der Waals surface area contributed by atoms with Crippen molar-refractivity contribution in [2.45, 2.75) is 44.8 Å². The minimum atomic E-state index is -4.44. The molecule has 1 aromatic rings. The largest absolute Gasteiger partial charge is 0.416 e. The Labute approximate surface area is 203 Å². The molecular weight excluding hydrogens is 461 g/mol. The molecule has 1 saturated carbocycles. The molecule has 192 valence electrons. The van der Waals surface area contributed by atoms with Gasteiger partial charge in [-0.1, -0.05) is 12.8 Å². The highest BCUT2D eigenvalue weighted by atomic mass is 19.4. The Balaban J connectivity index is 1.39. The summed E-state index contributed by atoms with van der Waals surface area (Å²) < 4.78 is 38.5. The third-order valence-corrected chi connectivity index (χ3v) is 7.59. The highest BCUT2D eigenvalue weighted by Gasteiger charge is 2.40. The second kappa shape index (κ2) is 10.6. The zero-order valence-electron chi connectivity index (χ0n) is 20.1. The topological polar surface area (TPSA) is 64.2 Å². The summed E-state index contributed by atoms with van der Waals surface area (Å²) >= 11 is 0. The first-order chi connectivity index (χ1) is 16.6. The molecule has 2 aliphatic heterocycles. The van der Waals surface area contributed by atoms with Crippen LogP contribution in [0.5, 0.6) is 0 Å². The quantitative estimate of drug-likeness (QED) is 0.646. The van der Waals surface area contributed by atoms with Gasteiger partial charge >= 0.3 is 6.18 Å². The van der Waals surface area contributed by atoms with E-state index in [1.54, 1.807) is 16.7 Å². The fourth-order valence-corrected chi connectivity index (χ4v) is 5.55. The molecule has 35 heavy (non-hydrogen) atoms. The summed E-state index contributed by atoms with van der Waals surface area (Å²) in [4.78, 5) is 45.6. The van der Waals surface area contributed by atoms with Crippen LogP contribution in [0.2, 0.25) is 0 Å². The monoisotopic (exact) mass is 494 g/mol. The maximum atomic E-state index is 13.6. The molecule has 2 saturated heterocycles. The molecule has 3 aliphatic rings. The van der Waals surface area contributed by atoms with Gasteiger partial charge in [0.05, 0.1) is 11.6 Å². The van der Waals surface area contributed by atoms with Crippen LogP contribution in [0.15, 0.2) is 24.3 Å². The zero-order chi connectivity index (χ0) is 25.2. The van der Waals surface area contributed by atoms with Crippen molar-refractivity contribution < 1.29 is 27.6 Å². The number of amides is 3. The summed E-state index contributed by atoms with van der Waals surface area (Å²) in [6.45, 7) is 5.66. The van der Waals surface area contributed by atoms with Crippen LogP contribution in [0.4, 0.5) is 13.2 Å². The summed E-state index contributed by atoms with van der Waals surface area (Å²) in [5, 5.41) is 0. The van der Waals surface area contributed by atoms with E-state index < -0.39 is 11.7 Å². The Kier molecular flexibility index (Phi) is 7.68. The van der Waals surface area contributed by atoms with E-state index in [4.69, 9.17) is 0 Å². The van der Waals surface area contributed by atoms with Crippen molar-refractivity contribution in [3.05, 3.63) is 35.4 Å². The molecule has 0 spiro atoms. The summed E-state index contributed by atoms with van der Waals surface area (Å²) in [5.41, 5.74) is -0.542. The molecule has 3 fully saturated rings. The predicted molar refractivity (Wildman–Crippen MR) is 124 cm³/mol. The van der Waals surface area contributed by atoms with Gasteiger partial charge in [0, 0.05) is 64.8 Å². The van der Waals surface area contributed by atoms with Crippen LogP contribution in [-0.4, -0.2) is 95.7 Å². The third kappa shape index (κ3) is 5.79. The maximum Gasteiger partial charge on any atom is 0.416 e. The van der Waals surface area contributed by atoms with Crippen molar-refractivity contribution in [2.75, 3.05) is 52.4 Å². The van der Waals surface area contributed by atoms with E-state index in [1.165, 1.54) is 12.1 Å². The van der Waals surface area contributed by atoms with Gasteiger partial charge in [0.1, 0.15) is 0 Å². The molecule has 2 heterocycles. The second-order valence-corrected chi connectivity index (χ2v) is 9.72. The average molecular weight is 495 g/mol. The van der Waals surface area contributed by atoms with Crippen molar-refractivity contribution in [1.82, 2.24) is 19.6 Å². The SMILES string of the molecule is CC(=O)N1CCN(C(=O)C(C2CCCC2)N2CCN(C(=O)c3ccc(C(F)(F)F)cc3)CC2)CC1. The molecule has 0 bridgehead atoms. The number of benzene rings is 1. The lowest BCUT2D eigenvalue weighted by Crippen LogP contribution is -2.60. The van der Waals surface area contributed by atoms with Crippen molar-refractivity contribution in [3.63, 3.8) is 0 Å². The van der Waals surface area contributed by atoms with Crippen LogP contribution in [0.3, 0.4) is 0 Å². The Morgan fingerprint density at radius 2 is 1.31 bits per heavy atom.